The molecule has 0 spiro atoms. The number of hydrazine groups is 1. The quantitative estimate of drug-likeness (QED) is 0.157. The number of pyridine rings is 1. The van der Waals surface area contributed by atoms with Gasteiger partial charge in [0, 0.05) is 29.9 Å². The van der Waals surface area contributed by atoms with Crippen LogP contribution in [0.5, 0.6) is 5.75 Å². The molecule has 0 radical (unpaired) electrons. The number of hydrogen-bond donors (Lipinski definition) is 6. The maximum atomic E-state index is 12.1. The van der Waals surface area contributed by atoms with E-state index in [0.29, 0.717) is 0 Å². The van der Waals surface area contributed by atoms with Gasteiger partial charge in [0.1, 0.15) is 11.3 Å². The maximum Gasteiger partial charge on any atom is 0.469 e. The van der Waals surface area contributed by atoms with Gasteiger partial charge >= 0.3 is 7.82 Å². The van der Waals surface area contributed by atoms with E-state index in [9.17, 15) is 29.4 Å². The molecule has 0 atom stereocenters. The minimum Gasteiger partial charge on any atom is -0.506 e. The van der Waals surface area contributed by atoms with Gasteiger partial charge in [0.05, 0.1) is 23.8 Å². The van der Waals surface area contributed by atoms with Crippen LogP contribution in [0.15, 0.2) is 30.5 Å². The molecule has 2 aromatic rings. The molecule has 0 bridgehead atoms. The lowest BCUT2D eigenvalue weighted by Gasteiger charge is -2.15. The van der Waals surface area contributed by atoms with Gasteiger partial charge in [0.25, 0.3) is 17.5 Å². The second-order valence-corrected chi connectivity index (χ2v) is 7.56. The van der Waals surface area contributed by atoms with Crippen molar-refractivity contribution in [2.45, 2.75) is 20.1 Å². The number of amides is 2. The van der Waals surface area contributed by atoms with E-state index in [-0.39, 0.29) is 34.7 Å². The molecule has 0 aliphatic carbocycles. The van der Waals surface area contributed by atoms with Crippen molar-refractivity contribution in [2.24, 2.45) is 0 Å². The van der Waals surface area contributed by atoms with Crippen molar-refractivity contribution < 1.29 is 38.5 Å². The van der Waals surface area contributed by atoms with E-state index in [1.54, 1.807) is 0 Å². The lowest BCUT2D eigenvalue weighted by molar-refractivity contribution is -0.385. The Bertz CT molecular complexity index is 1070. The number of phosphoric ester groups is 1. The number of rotatable bonds is 10. The largest absolute Gasteiger partial charge is 0.506 e. The Morgan fingerprint density at radius 2 is 1.97 bits per heavy atom. The molecule has 0 unspecified atom stereocenters. The summed E-state index contributed by atoms with van der Waals surface area (Å²) in [5.74, 6) is -1.77. The summed E-state index contributed by atoms with van der Waals surface area (Å²) in [5.41, 5.74) is 4.74. The van der Waals surface area contributed by atoms with E-state index >= 15 is 0 Å². The highest BCUT2D eigenvalue weighted by atomic mass is 31.2. The molecule has 2 rings (SSSR count). The highest BCUT2D eigenvalue weighted by Crippen LogP contribution is 2.38. The second-order valence-electron chi connectivity index (χ2n) is 6.32. The maximum absolute atomic E-state index is 12.1. The topological polar surface area (TPSA) is 213 Å². The number of hydrogen-bond acceptors (Lipinski definition) is 9. The van der Waals surface area contributed by atoms with Crippen molar-refractivity contribution in [3.8, 4) is 5.75 Å². The number of carbonyl (C=O) groups excluding carboxylic acids is 2. The number of benzene rings is 1. The third kappa shape index (κ3) is 7.08. The lowest BCUT2D eigenvalue weighted by Crippen LogP contribution is -2.43. The molecular formula is C17H20N5O9P. The van der Waals surface area contributed by atoms with E-state index in [4.69, 9.17) is 9.79 Å². The Kier molecular flexibility index (Phi) is 8.34. The molecule has 0 aliphatic heterocycles. The van der Waals surface area contributed by atoms with Crippen LogP contribution in [0.1, 0.15) is 27.2 Å². The van der Waals surface area contributed by atoms with Crippen molar-refractivity contribution in [2.75, 3.05) is 6.54 Å². The standard InChI is InChI=1S/C17H20N5O9P/c1-10-16(24)13(11(6-18-10)9-31-32(28,29)30)7-20-21-15(23)8-19-17(25)12-4-2-3-5-14(12)22(26)27/h2-6,20,24H,7-9H2,1H3,(H,19,25)(H,21,23)(H2,28,29,30). The number of para-hydroxylation sites is 1. The zero-order valence-electron chi connectivity index (χ0n) is 16.6. The number of nitrogens with one attached hydrogen (secondary N) is 3. The van der Waals surface area contributed by atoms with Gasteiger partial charge in [-0.15, -0.1) is 0 Å². The summed E-state index contributed by atoms with van der Waals surface area (Å²) in [6, 6.07) is 5.26. The molecule has 14 nitrogen and oxygen atoms in total. The summed E-state index contributed by atoms with van der Waals surface area (Å²) < 4.78 is 15.3. The summed E-state index contributed by atoms with van der Waals surface area (Å²) in [6.45, 7) is 0.289. The first-order valence-electron chi connectivity index (χ1n) is 8.89. The molecule has 0 saturated heterocycles. The van der Waals surface area contributed by atoms with Crippen molar-refractivity contribution in [1.82, 2.24) is 21.2 Å². The third-order valence-electron chi connectivity index (χ3n) is 4.07. The minimum atomic E-state index is -4.76. The number of aromatic hydroxyl groups is 1. The van der Waals surface area contributed by atoms with Crippen molar-refractivity contribution in [3.05, 3.63) is 63.0 Å². The van der Waals surface area contributed by atoms with Gasteiger partial charge < -0.3 is 20.2 Å². The summed E-state index contributed by atoms with van der Waals surface area (Å²) in [7, 11) is -4.76. The highest BCUT2D eigenvalue weighted by Gasteiger charge is 2.20. The van der Waals surface area contributed by atoms with Crippen LogP contribution in [0.2, 0.25) is 0 Å². The van der Waals surface area contributed by atoms with Crippen LogP contribution in [0.3, 0.4) is 0 Å². The molecule has 0 saturated carbocycles. The zero-order chi connectivity index (χ0) is 23.9. The van der Waals surface area contributed by atoms with Crippen molar-refractivity contribution in [3.63, 3.8) is 0 Å². The Morgan fingerprint density at radius 3 is 2.62 bits per heavy atom. The predicted molar refractivity (Wildman–Crippen MR) is 108 cm³/mol. The molecule has 32 heavy (non-hydrogen) atoms. The highest BCUT2D eigenvalue weighted by molar-refractivity contribution is 7.46. The van der Waals surface area contributed by atoms with E-state index in [1.807, 2.05) is 0 Å². The fraction of sp³-hybridized carbons (Fsp3) is 0.235. The van der Waals surface area contributed by atoms with Crippen LogP contribution >= 0.6 is 7.82 Å². The van der Waals surface area contributed by atoms with Gasteiger partial charge in [-0.2, -0.15) is 0 Å². The average Bonchev–Trinajstić information content (AvgIpc) is 2.73. The first kappa shape index (κ1) is 24.8. The zero-order valence-corrected chi connectivity index (χ0v) is 17.5. The number of phosphoric acid groups is 1. The van der Waals surface area contributed by atoms with Gasteiger partial charge in [-0.05, 0) is 13.0 Å². The Balaban J connectivity index is 1.93. The summed E-state index contributed by atoms with van der Waals surface area (Å²) in [5, 5.41) is 23.4. The average molecular weight is 469 g/mol. The number of nitro groups is 1. The van der Waals surface area contributed by atoms with E-state index in [0.717, 1.165) is 6.07 Å². The molecule has 0 aliphatic rings. The number of carbonyl (C=O) groups is 2. The smallest absolute Gasteiger partial charge is 0.469 e. The van der Waals surface area contributed by atoms with Crippen LogP contribution in [-0.4, -0.2) is 43.2 Å². The van der Waals surface area contributed by atoms with Crippen LogP contribution in [0.4, 0.5) is 5.69 Å². The number of aryl methyl sites for hydroxylation is 1. The van der Waals surface area contributed by atoms with E-state index in [2.05, 4.69) is 25.7 Å². The molecule has 1 heterocycles. The normalized spacial score (nSPS) is 11.1. The Labute approximate surface area is 181 Å². The van der Waals surface area contributed by atoms with E-state index < -0.39 is 43.4 Å². The monoisotopic (exact) mass is 469 g/mol. The van der Waals surface area contributed by atoms with E-state index in [1.165, 1.54) is 31.3 Å². The molecule has 6 N–H and O–H groups in total. The van der Waals surface area contributed by atoms with Gasteiger partial charge in [-0.25, -0.2) is 9.99 Å². The molecule has 2 amide bonds. The third-order valence-corrected chi connectivity index (χ3v) is 4.53. The summed E-state index contributed by atoms with van der Waals surface area (Å²) in [6.07, 6.45) is 1.26. The first-order valence-corrected chi connectivity index (χ1v) is 10.4. The predicted octanol–water partition coefficient (Wildman–Crippen LogP) is 0.164. The van der Waals surface area contributed by atoms with Crippen LogP contribution in [-0.2, 0) is 27.0 Å². The summed E-state index contributed by atoms with van der Waals surface area (Å²) in [4.78, 5) is 55.9. The number of nitrogens with zero attached hydrogens (tertiary/aromatic N) is 2. The lowest BCUT2D eigenvalue weighted by atomic mass is 10.1. The minimum absolute atomic E-state index is 0.168. The van der Waals surface area contributed by atoms with Crippen LogP contribution in [0, 0.1) is 17.0 Å². The molecule has 15 heteroatoms. The molecular weight excluding hydrogens is 449 g/mol. The van der Waals surface area contributed by atoms with Gasteiger partial charge in [0.15, 0.2) is 0 Å². The van der Waals surface area contributed by atoms with Crippen molar-refractivity contribution in [1.29, 1.82) is 0 Å². The number of aromatic nitrogens is 1. The van der Waals surface area contributed by atoms with Crippen LogP contribution < -0.4 is 16.2 Å². The van der Waals surface area contributed by atoms with Crippen molar-refractivity contribution >= 4 is 25.3 Å². The second kappa shape index (κ2) is 10.7. The van der Waals surface area contributed by atoms with Crippen LogP contribution in [0.25, 0.3) is 0 Å². The first-order chi connectivity index (χ1) is 15.0. The fourth-order valence-electron chi connectivity index (χ4n) is 2.52. The Morgan fingerprint density at radius 1 is 1.28 bits per heavy atom. The van der Waals surface area contributed by atoms with Gasteiger partial charge in [-0.1, -0.05) is 12.1 Å². The van der Waals surface area contributed by atoms with Gasteiger partial charge in [-0.3, -0.25) is 34.6 Å². The fourth-order valence-corrected chi connectivity index (χ4v) is 2.82. The Hall–Kier alpha value is -3.42. The molecule has 172 valence electrons. The molecule has 1 aromatic heterocycles. The summed E-state index contributed by atoms with van der Waals surface area (Å²) >= 11 is 0. The van der Waals surface area contributed by atoms with Gasteiger partial charge in [0.2, 0.25) is 0 Å². The number of nitro benzene ring substituents is 1. The molecule has 1 aromatic carbocycles. The SMILES string of the molecule is Cc1ncc(COP(=O)(O)O)c(CNNC(=O)CNC(=O)c2ccccc2[N+](=O)[O-])c1O. The molecule has 0 fully saturated rings.